The molecule has 1 heterocycles. The van der Waals surface area contributed by atoms with Crippen LogP contribution in [0.5, 0.6) is 0 Å². The molecule has 22 heavy (non-hydrogen) atoms. The van der Waals surface area contributed by atoms with E-state index in [1.165, 1.54) is 0 Å². The number of aryl methyl sites for hydroxylation is 1. The number of pyridine rings is 1. The second-order valence-electron chi connectivity index (χ2n) is 4.67. The Bertz CT molecular complexity index is 819. The molecule has 0 fully saturated rings. The number of benzene rings is 1. The Balaban J connectivity index is 2.47. The molecule has 0 amide bonds. The Morgan fingerprint density at radius 2 is 2.27 bits per heavy atom. The van der Waals surface area contributed by atoms with Gasteiger partial charge in [0.05, 0.1) is 16.2 Å². The lowest BCUT2D eigenvalue weighted by Gasteiger charge is -2.10. The number of rotatable bonds is 4. The van der Waals surface area contributed by atoms with Gasteiger partial charge in [0.15, 0.2) is 5.84 Å². The third kappa shape index (κ3) is 3.00. The molecule has 0 saturated carbocycles. The van der Waals surface area contributed by atoms with Crippen LogP contribution in [0.25, 0.3) is 10.9 Å². The molecule has 2 aromatic rings. The summed E-state index contributed by atoms with van der Waals surface area (Å²) in [5.41, 5.74) is 11.1. The zero-order valence-corrected chi connectivity index (χ0v) is 13.0. The molecule has 0 bridgehead atoms. The molecule has 0 aliphatic rings. The predicted molar refractivity (Wildman–Crippen MR) is 89.5 cm³/mol. The number of amidine groups is 1. The minimum absolute atomic E-state index is 0.178. The smallest absolute Gasteiger partial charge is 0.201 e. The van der Waals surface area contributed by atoms with Crippen LogP contribution in [0.1, 0.15) is 18.2 Å². The number of nitrogens with one attached hydrogen (secondary N) is 2. The molecule has 0 atom stereocenters. The molecule has 0 radical (unpaired) electrons. The van der Waals surface area contributed by atoms with Crippen molar-refractivity contribution in [2.75, 3.05) is 5.43 Å². The molecule has 0 saturated heterocycles. The highest BCUT2D eigenvalue weighted by Gasteiger charge is 2.10. The van der Waals surface area contributed by atoms with Crippen LogP contribution >= 0.6 is 11.6 Å². The van der Waals surface area contributed by atoms with Gasteiger partial charge in [-0.15, -0.1) is 0 Å². The van der Waals surface area contributed by atoms with Gasteiger partial charge >= 0.3 is 0 Å². The first kappa shape index (κ1) is 15.7. The van der Waals surface area contributed by atoms with Crippen molar-refractivity contribution in [3.63, 3.8) is 0 Å². The van der Waals surface area contributed by atoms with Crippen molar-refractivity contribution < 1.29 is 0 Å². The highest BCUT2D eigenvalue weighted by molar-refractivity contribution is 6.45. The van der Waals surface area contributed by atoms with Gasteiger partial charge in [0.1, 0.15) is 6.07 Å². The summed E-state index contributed by atoms with van der Waals surface area (Å²) >= 11 is 6.45. The Hall–Kier alpha value is -2.65. The molecule has 1 aromatic carbocycles. The van der Waals surface area contributed by atoms with Gasteiger partial charge in [0.2, 0.25) is 5.71 Å². The lowest BCUT2D eigenvalue weighted by Crippen LogP contribution is -2.21. The Morgan fingerprint density at radius 3 is 2.86 bits per heavy atom. The van der Waals surface area contributed by atoms with E-state index >= 15 is 0 Å². The summed E-state index contributed by atoms with van der Waals surface area (Å²) in [7, 11) is 0. The standard InChI is InChI=1S/C15H15ClN6/c1-3-10-8(2)20-12-5-4-9(6-11(12)14(10)16)21-22-13(7-17)15(18)19/h4-6,21H,3H2,1-2H3,(H3,18,19)/b22-13+. The van der Waals surface area contributed by atoms with E-state index in [2.05, 4.69) is 15.5 Å². The number of hydrogen-bond acceptors (Lipinski definition) is 5. The summed E-state index contributed by atoms with van der Waals surface area (Å²) in [6.45, 7) is 3.97. The number of nitriles is 1. The lowest BCUT2D eigenvalue weighted by molar-refractivity contribution is 1.07. The number of hydrogen-bond donors (Lipinski definition) is 3. The molecule has 0 spiro atoms. The maximum Gasteiger partial charge on any atom is 0.201 e. The molecule has 4 N–H and O–H groups in total. The van der Waals surface area contributed by atoms with E-state index < -0.39 is 0 Å². The number of nitrogens with two attached hydrogens (primary N) is 1. The van der Waals surface area contributed by atoms with E-state index in [0.29, 0.717) is 10.7 Å². The summed E-state index contributed by atoms with van der Waals surface area (Å²) in [6.07, 6.45) is 0.798. The zero-order valence-electron chi connectivity index (χ0n) is 12.2. The van der Waals surface area contributed by atoms with Crippen molar-refractivity contribution in [2.45, 2.75) is 20.3 Å². The average molecular weight is 315 g/mol. The molecule has 7 heteroatoms. The van der Waals surface area contributed by atoms with Crippen LogP contribution in [-0.2, 0) is 6.42 Å². The monoisotopic (exact) mass is 314 g/mol. The summed E-state index contributed by atoms with van der Waals surface area (Å²) in [5, 5.41) is 21.3. The molecule has 0 aliphatic heterocycles. The van der Waals surface area contributed by atoms with Gasteiger partial charge in [0.25, 0.3) is 0 Å². The van der Waals surface area contributed by atoms with Gasteiger partial charge in [-0.25, -0.2) is 0 Å². The molecular weight excluding hydrogens is 300 g/mol. The van der Waals surface area contributed by atoms with E-state index in [4.69, 9.17) is 28.0 Å². The molecule has 112 valence electrons. The van der Waals surface area contributed by atoms with Crippen molar-refractivity contribution >= 4 is 39.7 Å². The second-order valence-corrected chi connectivity index (χ2v) is 5.05. The molecule has 2 rings (SSSR count). The van der Waals surface area contributed by atoms with Crippen LogP contribution in [-0.4, -0.2) is 16.5 Å². The summed E-state index contributed by atoms with van der Waals surface area (Å²) in [6, 6.07) is 7.15. The topological polar surface area (TPSA) is 111 Å². The largest absolute Gasteiger partial charge is 0.382 e. The lowest BCUT2D eigenvalue weighted by atomic mass is 10.1. The summed E-state index contributed by atoms with van der Waals surface area (Å²) in [5.74, 6) is -0.389. The fourth-order valence-corrected chi connectivity index (χ4v) is 2.55. The zero-order chi connectivity index (χ0) is 16.3. The molecule has 0 aliphatic carbocycles. The van der Waals surface area contributed by atoms with Crippen LogP contribution in [0.4, 0.5) is 5.69 Å². The first-order valence-corrected chi connectivity index (χ1v) is 7.02. The quantitative estimate of drug-likeness (QED) is 0.457. The maximum absolute atomic E-state index is 8.82. The normalized spacial score (nSPS) is 11.3. The maximum atomic E-state index is 8.82. The third-order valence-electron chi connectivity index (χ3n) is 3.23. The molecule has 6 nitrogen and oxygen atoms in total. The highest BCUT2D eigenvalue weighted by atomic mass is 35.5. The van der Waals surface area contributed by atoms with E-state index in [9.17, 15) is 0 Å². The fraction of sp³-hybridized carbons (Fsp3) is 0.200. The molecule has 0 unspecified atom stereocenters. The number of nitrogens with zero attached hydrogens (tertiary/aromatic N) is 3. The van der Waals surface area contributed by atoms with Gasteiger partial charge < -0.3 is 5.73 Å². The SMILES string of the molecule is CCc1c(C)nc2ccc(N/N=C(\C#N)C(=N)N)cc2c1Cl. The Kier molecular flexibility index (Phi) is 4.59. The van der Waals surface area contributed by atoms with E-state index in [-0.39, 0.29) is 11.5 Å². The second kappa shape index (κ2) is 6.41. The van der Waals surface area contributed by atoms with Crippen LogP contribution < -0.4 is 11.2 Å². The molecular formula is C15H15ClN6. The first-order chi connectivity index (χ1) is 10.5. The van der Waals surface area contributed by atoms with Crippen molar-refractivity contribution in [3.05, 3.63) is 34.5 Å². The molecule has 1 aromatic heterocycles. The van der Waals surface area contributed by atoms with Crippen LogP contribution in [0.15, 0.2) is 23.3 Å². The number of fused-ring (bicyclic) bond motifs is 1. The fourth-order valence-electron chi connectivity index (χ4n) is 2.13. The van der Waals surface area contributed by atoms with Crippen LogP contribution in [0, 0.1) is 23.7 Å². The average Bonchev–Trinajstić information content (AvgIpc) is 2.48. The third-order valence-corrected chi connectivity index (χ3v) is 3.67. The van der Waals surface area contributed by atoms with E-state index in [0.717, 1.165) is 28.6 Å². The number of halogens is 1. The first-order valence-electron chi connectivity index (χ1n) is 6.64. The van der Waals surface area contributed by atoms with Crippen molar-refractivity contribution in [2.24, 2.45) is 10.8 Å². The number of aromatic nitrogens is 1. The van der Waals surface area contributed by atoms with Crippen molar-refractivity contribution in [1.82, 2.24) is 4.98 Å². The van der Waals surface area contributed by atoms with E-state index in [1.54, 1.807) is 12.1 Å². The summed E-state index contributed by atoms with van der Waals surface area (Å²) < 4.78 is 0. The van der Waals surface area contributed by atoms with E-state index in [1.807, 2.05) is 26.0 Å². The Labute approximate surface area is 133 Å². The van der Waals surface area contributed by atoms with Gasteiger partial charge in [-0.1, -0.05) is 18.5 Å². The van der Waals surface area contributed by atoms with Gasteiger partial charge in [-0.3, -0.25) is 15.8 Å². The predicted octanol–water partition coefficient (Wildman–Crippen LogP) is 2.99. The number of hydrazone groups is 1. The minimum Gasteiger partial charge on any atom is -0.382 e. The minimum atomic E-state index is -0.389. The summed E-state index contributed by atoms with van der Waals surface area (Å²) in [4.78, 5) is 4.53. The number of anilines is 1. The van der Waals surface area contributed by atoms with Crippen LogP contribution in [0.3, 0.4) is 0 Å². The highest BCUT2D eigenvalue weighted by Crippen LogP contribution is 2.30. The van der Waals surface area contributed by atoms with Gasteiger partial charge in [-0.05, 0) is 37.1 Å². The van der Waals surface area contributed by atoms with Crippen LogP contribution in [0.2, 0.25) is 5.02 Å². The van der Waals surface area contributed by atoms with Gasteiger partial charge in [0, 0.05) is 11.1 Å². The van der Waals surface area contributed by atoms with Crippen molar-refractivity contribution in [1.29, 1.82) is 10.7 Å². The Morgan fingerprint density at radius 1 is 1.55 bits per heavy atom. The van der Waals surface area contributed by atoms with Gasteiger partial charge in [-0.2, -0.15) is 10.4 Å². The van der Waals surface area contributed by atoms with Crippen molar-refractivity contribution in [3.8, 4) is 6.07 Å².